The van der Waals surface area contributed by atoms with E-state index in [0.29, 0.717) is 20.5 Å². The summed E-state index contributed by atoms with van der Waals surface area (Å²) in [6.45, 7) is 1.85. The van der Waals surface area contributed by atoms with Crippen molar-refractivity contribution in [3.05, 3.63) is 87.8 Å². The Labute approximate surface area is 212 Å². The molecule has 0 aromatic heterocycles. The molecule has 10 heteroatoms. The zero-order chi connectivity index (χ0) is 24.5. The number of hydrogen-bond donors (Lipinski definition) is 0. The van der Waals surface area contributed by atoms with Crippen LogP contribution in [0.5, 0.6) is 11.5 Å². The molecule has 6 nitrogen and oxygen atoms in total. The van der Waals surface area contributed by atoms with E-state index in [2.05, 4.69) is 0 Å². The number of carbonyl (C=O) groups excluding carboxylic acids is 1. The highest BCUT2D eigenvalue weighted by Crippen LogP contribution is 2.41. The van der Waals surface area contributed by atoms with Gasteiger partial charge in [0, 0.05) is 0 Å². The number of aryl methyl sites for hydroxylation is 1. The maximum atomic E-state index is 13.0. The van der Waals surface area contributed by atoms with Crippen molar-refractivity contribution >= 4 is 67.7 Å². The molecule has 3 aromatic rings. The third kappa shape index (κ3) is 4.97. The first-order valence-corrected chi connectivity index (χ1v) is 12.9. The van der Waals surface area contributed by atoms with E-state index < -0.39 is 10.1 Å². The number of nitrogens with zero attached hydrogens (tertiary/aromatic N) is 1. The quantitative estimate of drug-likeness (QED) is 0.225. The summed E-state index contributed by atoms with van der Waals surface area (Å²) in [4.78, 5) is 14.8. The molecule has 0 spiro atoms. The zero-order valence-electron chi connectivity index (χ0n) is 18.0. The summed E-state index contributed by atoms with van der Waals surface area (Å²) in [7, 11) is -2.77. The third-order valence-electron chi connectivity index (χ3n) is 4.86. The Hall–Kier alpha value is -2.85. The van der Waals surface area contributed by atoms with Gasteiger partial charge in [0.15, 0.2) is 10.1 Å². The van der Waals surface area contributed by atoms with Crippen LogP contribution in [0.1, 0.15) is 11.1 Å². The van der Waals surface area contributed by atoms with Crippen LogP contribution in [0.25, 0.3) is 6.08 Å². The second-order valence-corrected chi connectivity index (χ2v) is 10.9. The Bertz CT molecular complexity index is 1400. The summed E-state index contributed by atoms with van der Waals surface area (Å²) in [5.41, 5.74) is 2.11. The number of hydrogen-bond acceptors (Lipinski definition) is 7. The summed E-state index contributed by atoms with van der Waals surface area (Å²) in [5, 5.41) is 0.0137. The molecule has 4 rings (SSSR count). The van der Waals surface area contributed by atoms with Gasteiger partial charge in [0.2, 0.25) is 5.75 Å². The zero-order valence-corrected chi connectivity index (χ0v) is 21.2. The monoisotopic (exact) mass is 531 g/mol. The minimum Gasteiger partial charge on any atom is -0.493 e. The molecule has 0 N–H and O–H groups in total. The number of thioether (sulfide) groups is 1. The molecule has 1 aliphatic rings. The van der Waals surface area contributed by atoms with Crippen molar-refractivity contribution in [2.75, 3.05) is 12.0 Å². The number of anilines is 1. The molecule has 0 saturated carbocycles. The first-order chi connectivity index (χ1) is 16.2. The normalized spacial score (nSPS) is 15.1. The van der Waals surface area contributed by atoms with Crippen molar-refractivity contribution in [1.82, 2.24) is 0 Å². The summed E-state index contributed by atoms with van der Waals surface area (Å²) >= 11 is 12.9. The summed E-state index contributed by atoms with van der Waals surface area (Å²) < 4.78 is 36.5. The van der Waals surface area contributed by atoms with E-state index in [1.165, 1.54) is 30.2 Å². The standard InChI is InChI=1S/C24H18ClNO5S3/c1-15-8-10-18(11-9-15)34(28,29)31-22-19(25)12-16(13-20(22)30-2)14-21-23(27)26(24(32)33-21)17-6-4-3-5-7-17/h3-14H,1-2H3/b21-14-. The Morgan fingerprint density at radius 1 is 1.06 bits per heavy atom. The van der Waals surface area contributed by atoms with Gasteiger partial charge in [-0.25, -0.2) is 0 Å². The number of carbonyl (C=O) groups is 1. The average Bonchev–Trinajstić information content (AvgIpc) is 3.08. The number of amides is 1. The van der Waals surface area contributed by atoms with Gasteiger partial charge >= 0.3 is 10.1 Å². The summed E-state index contributed by atoms with van der Waals surface area (Å²) in [6.07, 6.45) is 1.62. The van der Waals surface area contributed by atoms with Gasteiger partial charge in [-0.1, -0.05) is 71.5 Å². The van der Waals surface area contributed by atoms with Crippen molar-refractivity contribution in [3.63, 3.8) is 0 Å². The molecule has 0 unspecified atom stereocenters. The predicted molar refractivity (Wildman–Crippen MR) is 139 cm³/mol. The first-order valence-electron chi connectivity index (χ1n) is 9.91. The molecular formula is C24H18ClNO5S3. The fraction of sp³-hybridized carbons (Fsp3) is 0.0833. The lowest BCUT2D eigenvalue weighted by molar-refractivity contribution is -0.113. The molecule has 0 atom stereocenters. The fourth-order valence-corrected chi connectivity index (χ4v) is 5.74. The van der Waals surface area contributed by atoms with Crippen molar-refractivity contribution in [2.45, 2.75) is 11.8 Å². The average molecular weight is 532 g/mol. The molecule has 1 amide bonds. The number of halogens is 1. The highest BCUT2D eigenvalue weighted by molar-refractivity contribution is 8.27. The van der Waals surface area contributed by atoms with E-state index in [-0.39, 0.29) is 27.3 Å². The van der Waals surface area contributed by atoms with Crippen molar-refractivity contribution in [3.8, 4) is 11.5 Å². The minimum absolute atomic E-state index is 0.00937. The highest BCUT2D eigenvalue weighted by atomic mass is 35.5. The van der Waals surface area contributed by atoms with Gasteiger partial charge in [0.25, 0.3) is 5.91 Å². The lowest BCUT2D eigenvalue weighted by atomic mass is 10.1. The molecule has 174 valence electrons. The topological polar surface area (TPSA) is 72.9 Å². The largest absolute Gasteiger partial charge is 0.493 e. The van der Waals surface area contributed by atoms with Crippen molar-refractivity contribution in [2.24, 2.45) is 0 Å². The molecule has 1 heterocycles. The molecule has 1 aliphatic heterocycles. The Morgan fingerprint density at radius 3 is 2.38 bits per heavy atom. The van der Waals surface area contributed by atoms with E-state index in [0.717, 1.165) is 17.3 Å². The molecule has 3 aromatic carbocycles. The van der Waals surface area contributed by atoms with Gasteiger partial charge in [-0.3, -0.25) is 9.69 Å². The molecular weight excluding hydrogens is 514 g/mol. The number of para-hydroxylation sites is 1. The second kappa shape index (κ2) is 9.79. The maximum Gasteiger partial charge on any atom is 0.339 e. The molecule has 0 radical (unpaired) electrons. The van der Waals surface area contributed by atoms with Crippen LogP contribution in [0.15, 0.2) is 76.5 Å². The van der Waals surface area contributed by atoms with Crippen LogP contribution in [-0.4, -0.2) is 25.8 Å². The lowest BCUT2D eigenvalue weighted by Gasteiger charge is -2.14. The number of ether oxygens (including phenoxy) is 1. The van der Waals surface area contributed by atoms with Crippen LogP contribution in [0.3, 0.4) is 0 Å². The van der Waals surface area contributed by atoms with E-state index in [1.54, 1.807) is 36.4 Å². The number of rotatable bonds is 6. The number of methoxy groups -OCH3 is 1. The Balaban J connectivity index is 1.65. The van der Waals surface area contributed by atoms with Gasteiger partial charge < -0.3 is 8.92 Å². The van der Waals surface area contributed by atoms with Gasteiger partial charge in [0.1, 0.15) is 4.90 Å². The molecule has 34 heavy (non-hydrogen) atoms. The van der Waals surface area contributed by atoms with E-state index >= 15 is 0 Å². The highest BCUT2D eigenvalue weighted by Gasteiger charge is 2.33. The number of benzene rings is 3. The van der Waals surface area contributed by atoms with Gasteiger partial charge in [-0.05, 0) is 55.0 Å². The summed E-state index contributed by atoms with van der Waals surface area (Å²) in [6, 6.07) is 18.4. The van der Waals surface area contributed by atoms with Crippen LogP contribution in [0.2, 0.25) is 5.02 Å². The fourth-order valence-electron chi connectivity index (χ4n) is 3.19. The van der Waals surface area contributed by atoms with Gasteiger partial charge in [-0.2, -0.15) is 8.42 Å². The van der Waals surface area contributed by atoms with Gasteiger partial charge in [-0.15, -0.1) is 0 Å². The molecule has 1 fully saturated rings. The summed E-state index contributed by atoms with van der Waals surface area (Å²) in [5.74, 6) is -0.301. The second-order valence-electron chi connectivity index (χ2n) is 7.24. The van der Waals surface area contributed by atoms with E-state index in [1.807, 2.05) is 25.1 Å². The van der Waals surface area contributed by atoms with Crippen molar-refractivity contribution in [1.29, 1.82) is 0 Å². The Morgan fingerprint density at radius 2 is 1.74 bits per heavy atom. The van der Waals surface area contributed by atoms with Crippen LogP contribution >= 0.6 is 35.6 Å². The smallest absolute Gasteiger partial charge is 0.339 e. The minimum atomic E-state index is -4.14. The third-order valence-corrected chi connectivity index (χ3v) is 7.68. The first kappa shape index (κ1) is 24.3. The van der Waals surface area contributed by atoms with E-state index in [9.17, 15) is 13.2 Å². The predicted octanol–water partition coefficient (Wildman–Crippen LogP) is 5.83. The molecule has 0 aliphatic carbocycles. The molecule has 0 bridgehead atoms. The van der Waals surface area contributed by atoms with Crippen LogP contribution in [0.4, 0.5) is 5.69 Å². The Kier molecular flexibility index (Phi) is 6.99. The van der Waals surface area contributed by atoms with Crippen LogP contribution in [0, 0.1) is 6.92 Å². The molecule has 1 saturated heterocycles. The lowest BCUT2D eigenvalue weighted by Crippen LogP contribution is -2.27. The number of thiocarbonyl (C=S) groups is 1. The van der Waals surface area contributed by atoms with Crippen LogP contribution < -0.4 is 13.8 Å². The maximum absolute atomic E-state index is 13.0. The van der Waals surface area contributed by atoms with Gasteiger partial charge in [0.05, 0.1) is 22.7 Å². The van der Waals surface area contributed by atoms with Crippen molar-refractivity contribution < 1.29 is 22.1 Å². The van der Waals surface area contributed by atoms with Crippen LogP contribution in [-0.2, 0) is 14.9 Å². The SMILES string of the molecule is COc1cc(/C=C2\SC(=S)N(c3ccccc3)C2=O)cc(Cl)c1OS(=O)(=O)c1ccc(C)cc1. The van der Waals surface area contributed by atoms with E-state index in [4.69, 9.17) is 32.7 Å².